The predicted molar refractivity (Wildman–Crippen MR) is 151 cm³/mol. The quantitative estimate of drug-likeness (QED) is 0.274. The molecule has 40 heavy (non-hydrogen) atoms. The zero-order valence-corrected chi connectivity index (χ0v) is 23.4. The van der Waals surface area contributed by atoms with Crippen LogP contribution >= 0.6 is 23.2 Å². The number of hydrogen-bond donors (Lipinski definition) is 1. The van der Waals surface area contributed by atoms with Gasteiger partial charge in [0.05, 0.1) is 17.4 Å². The van der Waals surface area contributed by atoms with Crippen LogP contribution in [0.5, 0.6) is 0 Å². The number of carbonyl (C=O) groups excluding carboxylic acids is 1. The largest absolute Gasteiger partial charge is 0.404 e. The molecule has 4 aromatic rings. The average Bonchev–Trinajstić information content (AvgIpc) is 3.37. The number of rotatable bonds is 7. The van der Waals surface area contributed by atoms with E-state index in [-0.39, 0.29) is 40.5 Å². The number of anilines is 2. The standard InChI is InChI=1S/C29H27Cl2FN4O4/c1-17-3-6-21(30)14-25(17)33-27-24(15-36(29(38)26(27)31)39-16-23-13-18(2)40-34-23)28(37)35-11-9-20(10-12-35)19-4-7-22(32)8-5-19/h3-8,13-15,20,33H,9-12,16H2,1-2H3. The van der Waals surface area contributed by atoms with E-state index in [4.69, 9.17) is 32.6 Å². The number of aromatic nitrogens is 2. The molecule has 1 N–H and O–H groups in total. The van der Waals surface area contributed by atoms with Gasteiger partial charge in [0.1, 0.15) is 22.3 Å². The van der Waals surface area contributed by atoms with Crippen LogP contribution in [0, 0.1) is 19.7 Å². The van der Waals surface area contributed by atoms with Gasteiger partial charge in [0, 0.05) is 29.9 Å². The van der Waals surface area contributed by atoms with Crippen molar-refractivity contribution in [3.05, 3.63) is 109 Å². The van der Waals surface area contributed by atoms with E-state index in [1.165, 1.54) is 18.3 Å². The molecule has 2 aromatic carbocycles. The van der Waals surface area contributed by atoms with Gasteiger partial charge < -0.3 is 19.6 Å². The summed E-state index contributed by atoms with van der Waals surface area (Å²) in [6.45, 7) is 4.51. The smallest absolute Gasteiger partial charge is 0.303 e. The fourth-order valence-corrected chi connectivity index (χ4v) is 5.15. The van der Waals surface area contributed by atoms with Crippen LogP contribution in [-0.2, 0) is 6.61 Å². The number of nitrogens with one attached hydrogen (secondary N) is 1. The maximum Gasteiger partial charge on any atom is 0.303 e. The summed E-state index contributed by atoms with van der Waals surface area (Å²) in [4.78, 5) is 34.5. The average molecular weight is 585 g/mol. The second-order valence-electron chi connectivity index (χ2n) is 9.77. The number of hydrogen-bond acceptors (Lipinski definition) is 6. The summed E-state index contributed by atoms with van der Waals surface area (Å²) >= 11 is 12.8. The van der Waals surface area contributed by atoms with Crippen LogP contribution in [-0.4, -0.2) is 33.8 Å². The molecule has 1 aliphatic rings. The zero-order valence-electron chi connectivity index (χ0n) is 21.9. The maximum absolute atomic E-state index is 13.9. The summed E-state index contributed by atoms with van der Waals surface area (Å²) in [6, 6.07) is 13.4. The van der Waals surface area contributed by atoms with E-state index < -0.39 is 5.56 Å². The Hall–Kier alpha value is -3.82. The van der Waals surface area contributed by atoms with Crippen molar-refractivity contribution in [2.24, 2.45) is 0 Å². The molecular weight excluding hydrogens is 558 g/mol. The van der Waals surface area contributed by atoms with Crippen molar-refractivity contribution >= 4 is 40.5 Å². The molecule has 0 bridgehead atoms. The molecular formula is C29H27Cl2FN4O4. The van der Waals surface area contributed by atoms with E-state index in [1.54, 1.807) is 42.2 Å². The van der Waals surface area contributed by atoms with Gasteiger partial charge in [0.2, 0.25) is 0 Å². The Morgan fingerprint density at radius 2 is 1.85 bits per heavy atom. The fraction of sp³-hybridized carbons (Fsp3) is 0.276. The highest BCUT2D eigenvalue weighted by Gasteiger charge is 2.29. The SMILES string of the molecule is Cc1cc(COn2cc(C(=O)N3CCC(c4ccc(F)cc4)CC3)c(Nc3cc(Cl)ccc3C)c(Cl)c2=O)no1. The van der Waals surface area contributed by atoms with Gasteiger partial charge in [-0.05, 0) is 68.0 Å². The van der Waals surface area contributed by atoms with Crippen molar-refractivity contribution in [2.45, 2.75) is 39.2 Å². The number of piperidine rings is 1. The Labute approximate surface area is 240 Å². The lowest BCUT2D eigenvalue weighted by atomic mass is 9.89. The van der Waals surface area contributed by atoms with Crippen LogP contribution in [0.25, 0.3) is 0 Å². The molecule has 0 spiro atoms. The van der Waals surface area contributed by atoms with Crippen molar-refractivity contribution in [3.63, 3.8) is 0 Å². The van der Waals surface area contributed by atoms with Crippen molar-refractivity contribution in [3.8, 4) is 0 Å². The van der Waals surface area contributed by atoms with E-state index in [0.29, 0.717) is 48.1 Å². The van der Waals surface area contributed by atoms with Gasteiger partial charge in [-0.2, -0.15) is 0 Å². The van der Waals surface area contributed by atoms with E-state index >= 15 is 0 Å². The third kappa shape index (κ3) is 6.00. The normalized spacial score (nSPS) is 13.9. The second-order valence-corrected chi connectivity index (χ2v) is 10.6. The molecule has 0 aliphatic carbocycles. The number of nitrogens with zero attached hydrogens (tertiary/aromatic N) is 3. The van der Waals surface area contributed by atoms with Crippen LogP contribution in [0.15, 0.2) is 64.0 Å². The zero-order chi connectivity index (χ0) is 28.4. The van der Waals surface area contributed by atoms with E-state index in [9.17, 15) is 14.0 Å². The molecule has 208 valence electrons. The first-order chi connectivity index (χ1) is 19.2. The lowest BCUT2D eigenvalue weighted by molar-refractivity contribution is 0.0687. The lowest BCUT2D eigenvalue weighted by Crippen LogP contribution is -2.39. The van der Waals surface area contributed by atoms with Crippen molar-refractivity contribution in [1.29, 1.82) is 0 Å². The summed E-state index contributed by atoms with van der Waals surface area (Å²) in [7, 11) is 0. The molecule has 0 atom stereocenters. The van der Waals surface area contributed by atoms with Crippen molar-refractivity contribution in [1.82, 2.24) is 14.8 Å². The Morgan fingerprint density at radius 3 is 2.52 bits per heavy atom. The molecule has 2 aromatic heterocycles. The van der Waals surface area contributed by atoms with Gasteiger partial charge in [-0.15, -0.1) is 4.73 Å². The van der Waals surface area contributed by atoms with Gasteiger partial charge in [-0.3, -0.25) is 9.59 Å². The van der Waals surface area contributed by atoms with Crippen molar-refractivity contribution < 1.29 is 18.5 Å². The first-order valence-corrected chi connectivity index (χ1v) is 13.5. The van der Waals surface area contributed by atoms with Crippen molar-refractivity contribution in [2.75, 3.05) is 18.4 Å². The molecule has 1 amide bonds. The van der Waals surface area contributed by atoms with Gasteiger partial charge in [0.15, 0.2) is 6.61 Å². The molecule has 1 saturated heterocycles. The van der Waals surface area contributed by atoms with E-state index in [2.05, 4.69) is 10.5 Å². The van der Waals surface area contributed by atoms with Crippen LogP contribution < -0.4 is 15.7 Å². The lowest BCUT2D eigenvalue weighted by Gasteiger charge is -2.33. The number of halogens is 3. The van der Waals surface area contributed by atoms with E-state index in [0.717, 1.165) is 15.9 Å². The molecule has 0 unspecified atom stereocenters. The molecule has 8 nitrogen and oxygen atoms in total. The number of likely N-dealkylation sites (tertiary alicyclic amines) is 1. The first-order valence-electron chi connectivity index (χ1n) is 12.8. The topological polar surface area (TPSA) is 89.6 Å². The number of amides is 1. The third-order valence-electron chi connectivity index (χ3n) is 6.96. The molecule has 1 fully saturated rings. The molecule has 11 heteroatoms. The third-order valence-corrected chi connectivity index (χ3v) is 7.55. The van der Waals surface area contributed by atoms with Crippen LogP contribution in [0.3, 0.4) is 0 Å². The maximum atomic E-state index is 13.9. The number of aryl methyl sites for hydroxylation is 2. The summed E-state index contributed by atoms with van der Waals surface area (Å²) < 4.78 is 19.4. The number of pyridine rings is 1. The highest BCUT2D eigenvalue weighted by Crippen LogP contribution is 2.33. The Kier molecular flexibility index (Phi) is 8.14. The first kappa shape index (κ1) is 27.7. The minimum atomic E-state index is -0.643. The van der Waals surface area contributed by atoms with Gasteiger partial charge >= 0.3 is 5.56 Å². The summed E-state index contributed by atoms with van der Waals surface area (Å²) in [5.74, 6) is 0.221. The van der Waals surface area contributed by atoms with Crippen LogP contribution in [0.2, 0.25) is 10.0 Å². The molecule has 5 rings (SSSR count). The highest BCUT2D eigenvalue weighted by molar-refractivity contribution is 6.34. The molecule has 1 aliphatic heterocycles. The Bertz CT molecular complexity index is 1590. The number of benzene rings is 2. The monoisotopic (exact) mass is 584 g/mol. The number of carbonyl (C=O) groups is 1. The van der Waals surface area contributed by atoms with Gasteiger partial charge in [-0.1, -0.05) is 46.6 Å². The molecule has 3 heterocycles. The fourth-order valence-electron chi connectivity index (χ4n) is 4.75. The molecule has 0 saturated carbocycles. The Morgan fingerprint density at radius 1 is 1.12 bits per heavy atom. The summed E-state index contributed by atoms with van der Waals surface area (Å²) in [5.41, 5.74) is 2.67. The van der Waals surface area contributed by atoms with Gasteiger partial charge in [-0.25, -0.2) is 4.39 Å². The predicted octanol–water partition coefficient (Wildman–Crippen LogP) is 6.29. The summed E-state index contributed by atoms with van der Waals surface area (Å²) in [5, 5.41) is 7.31. The van der Waals surface area contributed by atoms with Crippen LogP contribution in [0.4, 0.5) is 15.8 Å². The van der Waals surface area contributed by atoms with Crippen LogP contribution in [0.1, 0.15) is 51.7 Å². The molecule has 0 radical (unpaired) electrons. The van der Waals surface area contributed by atoms with E-state index in [1.807, 2.05) is 13.0 Å². The minimum Gasteiger partial charge on any atom is -0.404 e. The second kappa shape index (κ2) is 11.7. The van der Waals surface area contributed by atoms with Gasteiger partial charge in [0.25, 0.3) is 5.91 Å². The summed E-state index contributed by atoms with van der Waals surface area (Å²) in [6.07, 6.45) is 2.77. The Balaban J connectivity index is 1.45. The highest BCUT2D eigenvalue weighted by atomic mass is 35.5. The minimum absolute atomic E-state index is 0.0650.